The van der Waals surface area contributed by atoms with Crippen LogP contribution in [-0.4, -0.2) is 44.8 Å². The summed E-state index contributed by atoms with van der Waals surface area (Å²) in [5, 5.41) is 28.3. The number of esters is 1. The zero-order chi connectivity index (χ0) is 20.5. The average molecular weight is 385 g/mol. The number of carbonyl (C=O) groups excluding carboxylic acids is 1. The van der Waals surface area contributed by atoms with E-state index in [4.69, 9.17) is 4.74 Å². The number of aliphatic carboxylic acids is 1. The van der Waals surface area contributed by atoms with Crippen molar-refractivity contribution in [2.24, 2.45) is 5.92 Å². The molecule has 0 radical (unpaired) electrons. The van der Waals surface area contributed by atoms with Crippen LogP contribution in [0.1, 0.15) is 37.3 Å². The molecule has 2 atom stereocenters. The number of nitrogens with zero attached hydrogens (tertiary/aromatic N) is 1. The van der Waals surface area contributed by atoms with E-state index in [0.717, 1.165) is 22.3 Å². The number of carboxylic acid groups (broad SMARTS) is 1. The number of carbonyl (C=O) groups is 2. The Bertz CT molecular complexity index is 850. The number of benzene rings is 2. The zero-order valence-electron chi connectivity index (χ0n) is 15.7. The molecule has 148 valence electrons. The summed E-state index contributed by atoms with van der Waals surface area (Å²) < 4.78 is 5.37. The van der Waals surface area contributed by atoms with Gasteiger partial charge in [0.05, 0.1) is 0 Å². The maximum absolute atomic E-state index is 12.8. The summed E-state index contributed by atoms with van der Waals surface area (Å²) in [7, 11) is 0. The Morgan fingerprint density at radius 2 is 1.57 bits per heavy atom. The van der Waals surface area contributed by atoms with Gasteiger partial charge in [0.25, 0.3) is 5.54 Å². The molecule has 2 aromatic rings. The van der Waals surface area contributed by atoms with Crippen LogP contribution in [0.4, 0.5) is 0 Å². The van der Waals surface area contributed by atoms with E-state index in [2.05, 4.69) is 0 Å². The van der Waals surface area contributed by atoms with Crippen molar-refractivity contribution in [3.8, 4) is 11.1 Å². The lowest BCUT2D eigenvalue weighted by molar-refractivity contribution is -0.359. The molecule has 0 saturated carbocycles. The molecule has 1 aliphatic rings. The Morgan fingerprint density at radius 3 is 2.00 bits per heavy atom. The van der Waals surface area contributed by atoms with Crippen molar-refractivity contribution in [1.82, 2.24) is 5.23 Å². The van der Waals surface area contributed by atoms with Crippen LogP contribution in [0.2, 0.25) is 0 Å². The lowest BCUT2D eigenvalue weighted by atomic mass is 9.83. The third kappa shape index (κ3) is 2.97. The fourth-order valence-corrected chi connectivity index (χ4v) is 3.87. The molecule has 2 aromatic carbocycles. The smallest absolute Gasteiger partial charge is 0.343 e. The van der Waals surface area contributed by atoms with Gasteiger partial charge in [-0.15, -0.1) is 0 Å². The number of hydroxylamine groups is 2. The predicted octanol–water partition coefficient (Wildman–Crippen LogP) is 3.29. The van der Waals surface area contributed by atoms with E-state index < -0.39 is 28.6 Å². The lowest BCUT2D eigenvalue weighted by Gasteiger charge is -2.34. The number of hydrogen-bond acceptors (Lipinski definition) is 6. The van der Waals surface area contributed by atoms with E-state index in [1.807, 2.05) is 48.5 Å². The molecule has 1 aliphatic carbocycles. The topological polar surface area (TPSA) is 107 Å². The summed E-state index contributed by atoms with van der Waals surface area (Å²) in [4.78, 5) is 24.6. The van der Waals surface area contributed by atoms with Crippen molar-refractivity contribution < 1.29 is 29.8 Å². The first-order valence-corrected chi connectivity index (χ1v) is 9.12. The Balaban J connectivity index is 1.91. The van der Waals surface area contributed by atoms with Crippen molar-refractivity contribution >= 4 is 11.9 Å². The van der Waals surface area contributed by atoms with Gasteiger partial charge in [-0.3, -0.25) is 10.4 Å². The van der Waals surface area contributed by atoms with Crippen LogP contribution in [0.5, 0.6) is 0 Å². The van der Waals surface area contributed by atoms with E-state index in [9.17, 15) is 25.1 Å². The number of hydrogen-bond donors (Lipinski definition) is 3. The summed E-state index contributed by atoms with van der Waals surface area (Å²) in [5.41, 5.74) is 1.44. The summed E-state index contributed by atoms with van der Waals surface area (Å²) in [5.74, 6) is -4.04. The van der Waals surface area contributed by atoms with E-state index >= 15 is 0 Å². The molecule has 0 bridgehead atoms. The normalized spacial score (nSPS) is 16.2. The third-order valence-corrected chi connectivity index (χ3v) is 5.62. The summed E-state index contributed by atoms with van der Waals surface area (Å²) >= 11 is 0. The minimum Gasteiger partial charge on any atom is -0.479 e. The van der Waals surface area contributed by atoms with E-state index in [0.29, 0.717) is 0 Å². The lowest BCUT2D eigenvalue weighted by Crippen LogP contribution is -2.62. The van der Waals surface area contributed by atoms with Crippen molar-refractivity contribution in [3.63, 3.8) is 0 Å². The second-order valence-electron chi connectivity index (χ2n) is 7.00. The molecule has 7 heteroatoms. The molecule has 3 rings (SSSR count). The van der Waals surface area contributed by atoms with Crippen molar-refractivity contribution in [2.75, 3.05) is 6.61 Å². The molecule has 0 spiro atoms. The van der Waals surface area contributed by atoms with Crippen LogP contribution in [0.15, 0.2) is 48.5 Å². The third-order valence-electron chi connectivity index (χ3n) is 5.62. The first-order valence-electron chi connectivity index (χ1n) is 9.12. The molecule has 7 nitrogen and oxygen atoms in total. The number of rotatable bonds is 7. The molecule has 0 fully saturated rings. The number of carboxylic acids is 1. The van der Waals surface area contributed by atoms with Crippen LogP contribution in [-0.2, 0) is 14.3 Å². The van der Waals surface area contributed by atoms with Crippen LogP contribution in [0, 0.1) is 5.92 Å². The fraction of sp³-hybridized carbons (Fsp3) is 0.333. The molecule has 0 aliphatic heterocycles. The van der Waals surface area contributed by atoms with Gasteiger partial charge in [-0.1, -0.05) is 68.8 Å². The molecule has 28 heavy (non-hydrogen) atoms. The maximum atomic E-state index is 12.8. The van der Waals surface area contributed by atoms with Gasteiger partial charge in [-0.05, 0) is 27.5 Å². The summed E-state index contributed by atoms with van der Waals surface area (Å²) in [6.45, 7) is 3.00. The maximum Gasteiger partial charge on any atom is 0.343 e. The van der Waals surface area contributed by atoms with Gasteiger partial charge in [0, 0.05) is 11.8 Å². The molecule has 0 saturated heterocycles. The predicted molar refractivity (Wildman–Crippen MR) is 99.9 cm³/mol. The molecule has 3 N–H and O–H groups in total. The van der Waals surface area contributed by atoms with Crippen molar-refractivity contribution in [3.05, 3.63) is 59.7 Å². The molecule has 0 aromatic heterocycles. The molecule has 0 heterocycles. The van der Waals surface area contributed by atoms with E-state index in [1.165, 1.54) is 6.92 Å². The first-order chi connectivity index (χ1) is 13.4. The van der Waals surface area contributed by atoms with Gasteiger partial charge >= 0.3 is 11.9 Å². The molecule has 0 amide bonds. The van der Waals surface area contributed by atoms with Crippen LogP contribution >= 0.6 is 0 Å². The Kier molecular flexibility index (Phi) is 5.51. The highest BCUT2D eigenvalue weighted by molar-refractivity contribution is 6.04. The highest BCUT2D eigenvalue weighted by atomic mass is 16.8. The SMILES string of the molecule is CCC(C)[C@](C(=O)O)(C(=O)OCC1c2ccccc2-c2ccccc21)N(O)O. The van der Waals surface area contributed by atoms with E-state index in [1.54, 1.807) is 6.92 Å². The summed E-state index contributed by atoms with van der Waals surface area (Å²) in [6, 6.07) is 15.5. The van der Waals surface area contributed by atoms with Crippen LogP contribution in [0.3, 0.4) is 0 Å². The highest BCUT2D eigenvalue weighted by Gasteiger charge is 2.57. The Morgan fingerprint density at radius 1 is 1.07 bits per heavy atom. The van der Waals surface area contributed by atoms with Gasteiger partial charge in [0.1, 0.15) is 6.61 Å². The quantitative estimate of drug-likeness (QED) is 0.381. The van der Waals surface area contributed by atoms with Gasteiger partial charge in [-0.25, -0.2) is 9.59 Å². The average Bonchev–Trinajstić information content (AvgIpc) is 3.00. The molecular weight excluding hydrogens is 362 g/mol. The number of ether oxygens (including phenoxy) is 1. The second-order valence-corrected chi connectivity index (χ2v) is 7.00. The first kappa shape index (κ1) is 20.0. The van der Waals surface area contributed by atoms with Crippen LogP contribution in [0.25, 0.3) is 11.1 Å². The molecule has 1 unspecified atom stereocenters. The Hall–Kier alpha value is -2.74. The van der Waals surface area contributed by atoms with Crippen LogP contribution < -0.4 is 0 Å². The van der Waals surface area contributed by atoms with Gasteiger partial charge in [-0.2, -0.15) is 0 Å². The number of fused-ring (bicyclic) bond motifs is 3. The van der Waals surface area contributed by atoms with Gasteiger partial charge in [0.2, 0.25) is 0 Å². The summed E-state index contributed by atoms with van der Waals surface area (Å²) in [6.07, 6.45) is 0.230. The monoisotopic (exact) mass is 385 g/mol. The van der Waals surface area contributed by atoms with Gasteiger partial charge in [0.15, 0.2) is 0 Å². The van der Waals surface area contributed by atoms with Crippen molar-refractivity contribution in [2.45, 2.75) is 31.7 Å². The molecular formula is C21H23NO6. The van der Waals surface area contributed by atoms with Crippen molar-refractivity contribution in [1.29, 1.82) is 0 Å². The Labute approximate surface area is 162 Å². The van der Waals surface area contributed by atoms with E-state index in [-0.39, 0.29) is 18.9 Å². The highest BCUT2D eigenvalue weighted by Crippen LogP contribution is 2.44. The second kappa shape index (κ2) is 7.71. The zero-order valence-corrected chi connectivity index (χ0v) is 15.7. The minimum absolute atomic E-state index is 0.105. The largest absolute Gasteiger partial charge is 0.479 e. The van der Waals surface area contributed by atoms with Gasteiger partial charge < -0.3 is 9.84 Å². The fourth-order valence-electron chi connectivity index (χ4n) is 3.87. The minimum atomic E-state index is -2.59. The standard InChI is InChI=1S/C21H23NO6/c1-3-13(2)21(19(23)24,22(26)27)20(25)28-12-18-16-10-6-4-8-14(16)15-9-5-7-11-17(15)18/h4-11,13,18,26-27H,3,12H2,1-2H3,(H,23,24)/t13?,21-/m0/s1.